The van der Waals surface area contributed by atoms with Crippen molar-refractivity contribution in [3.05, 3.63) is 12.5 Å². The molecular weight excluding hydrogens is 328 g/mol. The number of fused-ring (bicyclic) bond motifs is 1. The standard InChI is InChI=1S/C18H32N8/c1-5-7-8-9-14(3)25-18(19-6-2)21-11-10-20-16-15-12-24-26(4)17(15)23-13-22-16/h12-14H,5-11H2,1-4H3,(H2,19,21,25)(H,20,22,23). The van der Waals surface area contributed by atoms with Crippen LogP contribution in [0.1, 0.15) is 46.5 Å². The molecule has 2 rings (SSSR count). The largest absolute Gasteiger partial charge is 0.367 e. The van der Waals surface area contributed by atoms with Crippen molar-refractivity contribution in [1.82, 2.24) is 30.4 Å². The van der Waals surface area contributed by atoms with Crippen LogP contribution in [0.4, 0.5) is 5.82 Å². The lowest BCUT2D eigenvalue weighted by atomic mass is 10.1. The Kier molecular flexibility index (Phi) is 8.11. The molecule has 0 aromatic carbocycles. The molecule has 3 N–H and O–H groups in total. The van der Waals surface area contributed by atoms with E-state index in [4.69, 9.17) is 0 Å². The molecule has 0 aliphatic rings. The normalized spacial score (nSPS) is 13.0. The van der Waals surface area contributed by atoms with Crippen LogP contribution in [0.2, 0.25) is 0 Å². The highest BCUT2D eigenvalue weighted by atomic mass is 15.3. The number of anilines is 1. The summed E-state index contributed by atoms with van der Waals surface area (Å²) in [6, 6.07) is 0.421. The van der Waals surface area contributed by atoms with E-state index in [9.17, 15) is 0 Å². The zero-order chi connectivity index (χ0) is 18.8. The highest BCUT2D eigenvalue weighted by Gasteiger charge is 2.07. The molecule has 144 valence electrons. The Hall–Kier alpha value is -2.38. The van der Waals surface area contributed by atoms with Gasteiger partial charge >= 0.3 is 0 Å². The minimum absolute atomic E-state index is 0.421. The van der Waals surface area contributed by atoms with Crippen LogP contribution < -0.4 is 16.0 Å². The summed E-state index contributed by atoms with van der Waals surface area (Å²) in [5, 5.41) is 15.3. The lowest BCUT2D eigenvalue weighted by Crippen LogP contribution is -2.42. The van der Waals surface area contributed by atoms with Crippen molar-refractivity contribution in [2.45, 2.75) is 52.5 Å². The fraction of sp³-hybridized carbons (Fsp3) is 0.667. The van der Waals surface area contributed by atoms with Crippen LogP contribution in [-0.2, 0) is 7.05 Å². The topological polar surface area (TPSA) is 92.1 Å². The average Bonchev–Trinajstić information content (AvgIpc) is 3.01. The van der Waals surface area contributed by atoms with Gasteiger partial charge in [0.15, 0.2) is 11.6 Å². The molecule has 1 unspecified atom stereocenters. The summed E-state index contributed by atoms with van der Waals surface area (Å²) >= 11 is 0. The summed E-state index contributed by atoms with van der Waals surface area (Å²) in [6.45, 7) is 8.72. The SMILES string of the molecule is CCCCCC(C)NC(=NCCNc1ncnc2c1cnn2C)NCC. The predicted octanol–water partition coefficient (Wildman–Crippen LogP) is 2.30. The van der Waals surface area contributed by atoms with Gasteiger partial charge in [0.1, 0.15) is 12.1 Å². The minimum atomic E-state index is 0.421. The van der Waals surface area contributed by atoms with Gasteiger partial charge in [0.2, 0.25) is 0 Å². The molecule has 0 aliphatic carbocycles. The molecular formula is C18H32N8. The van der Waals surface area contributed by atoms with Crippen molar-refractivity contribution >= 4 is 22.8 Å². The van der Waals surface area contributed by atoms with Crippen LogP contribution in [0.25, 0.3) is 11.0 Å². The molecule has 8 heteroatoms. The third kappa shape index (κ3) is 5.86. The number of nitrogens with zero attached hydrogens (tertiary/aromatic N) is 5. The van der Waals surface area contributed by atoms with Crippen LogP contribution in [0.15, 0.2) is 17.5 Å². The van der Waals surface area contributed by atoms with Gasteiger partial charge in [-0.3, -0.25) is 9.67 Å². The van der Waals surface area contributed by atoms with E-state index in [1.165, 1.54) is 19.3 Å². The molecule has 8 nitrogen and oxygen atoms in total. The van der Waals surface area contributed by atoms with Crippen molar-refractivity contribution < 1.29 is 0 Å². The Morgan fingerprint density at radius 2 is 2.12 bits per heavy atom. The fourth-order valence-electron chi connectivity index (χ4n) is 2.77. The number of unbranched alkanes of at least 4 members (excludes halogenated alkanes) is 2. The number of aromatic nitrogens is 4. The number of hydrogen-bond acceptors (Lipinski definition) is 5. The van der Waals surface area contributed by atoms with Crippen molar-refractivity contribution in [3.8, 4) is 0 Å². The zero-order valence-electron chi connectivity index (χ0n) is 16.4. The van der Waals surface area contributed by atoms with Crippen molar-refractivity contribution in [3.63, 3.8) is 0 Å². The molecule has 2 aromatic heterocycles. The quantitative estimate of drug-likeness (QED) is 0.342. The number of nitrogens with one attached hydrogen (secondary N) is 3. The summed E-state index contributed by atoms with van der Waals surface area (Å²) in [5.41, 5.74) is 0.821. The third-order valence-electron chi connectivity index (χ3n) is 4.17. The molecule has 0 amide bonds. The molecule has 0 saturated carbocycles. The first-order valence-electron chi connectivity index (χ1n) is 9.57. The Morgan fingerprint density at radius 1 is 1.27 bits per heavy atom. The molecule has 0 saturated heterocycles. The lowest BCUT2D eigenvalue weighted by molar-refractivity contribution is 0.547. The van der Waals surface area contributed by atoms with Gasteiger partial charge in [0.05, 0.1) is 18.1 Å². The van der Waals surface area contributed by atoms with Crippen molar-refractivity contribution in [2.75, 3.05) is 25.0 Å². The zero-order valence-corrected chi connectivity index (χ0v) is 16.4. The molecule has 2 heterocycles. The van der Waals surface area contributed by atoms with Gasteiger partial charge < -0.3 is 16.0 Å². The van der Waals surface area contributed by atoms with Gasteiger partial charge in [0, 0.05) is 26.2 Å². The lowest BCUT2D eigenvalue weighted by Gasteiger charge is -2.17. The second-order valence-corrected chi connectivity index (χ2v) is 6.46. The van der Waals surface area contributed by atoms with Gasteiger partial charge in [-0.25, -0.2) is 9.97 Å². The Morgan fingerprint density at radius 3 is 2.88 bits per heavy atom. The van der Waals surface area contributed by atoms with Gasteiger partial charge in [-0.05, 0) is 20.3 Å². The summed E-state index contributed by atoms with van der Waals surface area (Å²) in [4.78, 5) is 13.2. The fourth-order valence-corrected chi connectivity index (χ4v) is 2.77. The second kappa shape index (κ2) is 10.6. The molecule has 0 bridgehead atoms. The van der Waals surface area contributed by atoms with Crippen molar-refractivity contribution in [1.29, 1.82) is 0 Å². The highest BCUT2D eigenvalue weighted by Crippen LogP contribution is 2.17. The van der Waals surface area contributed by atoms with E-state index in [-0.39, 0.29) is 0 Å². The average molecular weight is 361 g/mol. The molecule has 0 aliphatic heterocycles. The number of hydrogen-bond donors (Lipinski definition) is 3. The second-order valence-electron chi connectivity index (χ2n) is 6.46. The van der Waals surface area contributed by atoms with E-state index in [2.05, 4.69) is 56.8 Å². The first-order valence-corrected chi connectivity index (χ1v) is 9.57. The minimum Gasteiger partial charge on any atom is -0.367 e. The molecule has 0 spiro atoms. The van der Waals surface area contributed by atoms with E-state index in [1.54, 1.807) is 17.2 Å². The Labute approximate surface area is 155 Å². The highest BCUT2D eigenvalue weighted by molar-refractivity contribution is 5.86. The van der Waals surface area contributed by atoms with Crippen LogP contribution in [0, 0.1) is 0 Å². The number of rotatable bonds is 10. The van der Waals surface area contributed by atoms with Crippen LogP contribution in [0.3, 0.4) is 0 Å². The maximum atomic E-state index is 4.65. The van der Waals surface area contributed by atoms with E-state index < -0.39 is 0 Å². The number of guanidine groups is 1. The molecule has 2 aromatic rings. The van der Waals surface area contributed by atoms with Gasteiger partial charge in [-0.1, -0.05) is 26.2 Å². The van der Waals surface area contributed by atoms with E-state index in [0.29, 0.717) is 19.1 Å². The Balaban J connectivity index is 1.85. The first-order chi connectivity index (χ1) is 12.7. The van der Waals surface area contributed by atoms with Gasteiger partial charge in [0.25, 0.3) is 0 Å². The predicted molar refractivity (Wildman–Crippen MR) is 108 cm³/mol. The molecule has 0 radical (unpaired) electrons. The first kappa shape index (κ1) is 19.9. The maximum Gasteiger partial charge on any atom is 0.191 e. The number of aliphatic imine (C=N–C) groups is 1. The smallest absolute Gasteiger partial charge is 0.191 e. The Bertz CT molecular complexity index is 694. The summed E-state index contributed by atoms with van der Waals surface area (Å²) in [7, 11) is 1.87. The van der Waals surface area contributed by atoms with Crippen molar-refractivity contribution in [2.24, 2.45) is 12.0 Å². The molecule has 0 fully saturated rings. The molecule has 1 atom stereocenters. The summed E-state index contributed by atoms with van der Waals surface area (Å²) in [5.74, 6) is 1.66. The van der Waals surface area contributed by atoms with Crippen LogP contribution in [0.5, 0.6) is 0 Å². The maximum absolute atomic E-state index is 4.65. The van der Waals surface area contributed by atoms with Gasteiger partial charge in [-0.2, -0.15) is 5.10 Å². The van der Waals surface area contributed by atoms with E-state index in [0.717, 1.165) is 35.8 Å². The van der Waals surface area contributed by atoms with Crippen LogP contribution in [-0.4, -0.2) is 51.4 Å². The monoisotopic (exact) mass is 360 g/mol. The van der Waals surface area contributed by atoms with Crippen LogP contribution >= 0.6 is 0 Å². The van der Waals surface area contributed by atoms with Gasteiger partial charge in [-0.15, -0.1) is 0 Å². The van der Waals surface area contributed by atoms with E-state index >= 15 is 0 Å². The third-order valence-corrected chi connectivity index (χ3v) is 4.17. The summed E-state index contributed by atoms with van der Waals surface area (Å²) < 4.78 is 1.74. The summed E-state index contributed by atoms with van der Waals surface area (Å²) in [6.07, 6.45) is 8.28. The number of aryl methyl sites for hydroxylation is 1. The molecule has 26 heavy (non-hydrogen) atoms. The van der Waals surface area contributed by atoms with E-state index in [1.807, 2.05) is 7.05 Å².